The van der Waals surface area contributed by atoms with Crippen LogP contribution in [0.15, 0.2) is 47.3 Å². The molecular formula is C17H16N4O2. The van der Waals surface area contributed by atoms with Crippen LogP contribution < -0.4 is 16.0 Å². The molecule has 0 aliphatic rings. The molecule has 0 radical (unpaired) electrons. The van der Waals surface area contributed by atoms with Gasteiger partial charge >= 0.3 is 0 Å². The Kier molecular flexibility index (Phi) is 3.80. The highest BCUT2D eigenvalue weighted by Gasteiger charge is 2.11. The van der Waals surface area contributed by atoms with Crippen molar-refractivity contribution in [2.45, 2.75) is 6.92 Å². The minimum absolute atomic E-state index is 0.252. The van der Waals surface area contributed by atoms with Gasteiger partial charge < -0.3 is 15.5 Å². The van der Waals surface area contributed by atoms with Crippen LogP contribution in [-0.2, 0) is 0 Å². The van der Waals surface area contributed by atoms with Gasteiger partial charge in [0.25, 0.3) is 5.56 Å². The van der Waals surface area contributed by atoms with Crippen molar-refractivity contribution in [3.8, 4) is 28.4 Å². The first-order valence-corrected chi connectivity index (χ1v) is 7.07. The Hall–Kier alpha value is -3.15. The number of para-hydroxylation sites is 1. The molecule has 0 amide bonds. The highest BCUT2D eigenvalue weighted by atomic mass is 16.5. The molecule has 116 valence electrons. The summed E-state index contributed by atoms with van der Waals surface area (Å²) in [5, 5.41) is 8.17. The van der Waals surface area contributed by atoms with Crippen molar-refractivity contribution in [2.24, 2.45) is 0 Å². The molecule has 3 aromatic rings. The van der Waals surface area contributed by atoms with E-state index in [1.807, 2.05) is 19.1 Å². The number of H-pyrrole nitrogens is 1. The number of nitrogens with zero attached hydrogens (tertiary/aromatic N) is 2. The number of aromatic nitrogens is 3. The lowest BCUT2D eigenvalue weighted by atomic mass is 10.1. The van der Waals surface area contributed by atoms with Crippen LogP contribution in [0, 0.1) is 6.92 Å². The van der Waals surface area contributed by atoms with Crippen molar-refractivity contribution >= 4 is 5.69 Å². The molecule has 6 heteroatoms. The fourth-order valence-corrected chi connectivity index (χ4v) is 2.28. The Morgan fingerprint density at radius 3 is 2.48 bits per heavy atom. The number of anilines is 1. The van der Waals surface area contributed by atoms with Crippen LogP contribution in [0.2, 0.25) is 0 Å². The predicted octanol–water partition coefficient (Wildman–Crippen LogP) is 2.40. The van der Waals surface area contributed by atoms with E-state index in [1.54, 1.807) is 37.4 Å². The Labute approximate surface area is 133 Å². The van der Waals surface area contributed by atoms with Crippen molar-refractivity contribution in [3.05, 3.63) is 58.4 Å². The van der Waals surface area contributed by atoms with E-state index < -0.39 is 0 Å². The van der Waals surface area contributed by atoms with E-state index >= 15 is 0 Å². The second-order valence-corrected chi connectivity index (χ2v) is 5.12. The van der Waals surface area contributed by atoms with Gasteiger partial charge in [-0.05, 0) is 42.8 Å². The number of nitrogens with two attached hydrogens (primary N) is 1. The monoisotopic (exact) mass is 308 g/mol. The van der Waals surface area contributed by atoms with E-state index in [2.05, 4.69) is 15.2 Å². The number of benzene rings is 2. The maximum Gasteiger partial charge on any atom is 0.278 e. The Morgan fingerprint density at radius 2 is 1.83 bits per heavy atom. The third-order valence-electron chi connectivity index (χ3n) is 3.64. The summed E-state index contributed by atoms with van der Waals surface area (Å²) in [6.07, 6.45) is 0. The van der Waals surface area contributed by atoms with E-state index in [0.29, 0.717) is 28.4 Å². The number of hydrogen-bond acceptors (Lipinski definition) is 5. The minimum Gasteiger partial charge on any atom is -0.497 e. The second kappa shape index (κ2) is 5.92. The molecule has 0 aliphatic heterocycles. The fourth-order valence-electron chi connectivity index (χ4n) is 2.28. The summed E-state index contributed by atoms with van der Waals surface area (Å²) in [4.78, 5) is 15.1. The zero-order valence-corrected chi connectivity index (χ0v) is 12.8. The van der Waals surface area contributed by atoms with Gasteiger partial charge in [0.1, 0.15) is 5.75 Å². The van der Waals surface area contributed by atoms with Crippen molar-refractivity contribution in [1.82, 2.24) is 15.2 Å². The van der Waals surface area contributed by atoms with E-state index in [-0.39, 0.29) is 11.3 Å². The summed E-state index contributed by atoms with van der Waals surface area (Å²) < 4.78 is 5.10. The summed E-state index contributed by atoms with van der Waals surface area (Å²) in [5.74, 6) is 1.07. The number of ether oxygens (including phenoxy) is 1. The molecule has 0 saturated carbocycles. The number of methoxy groups -OCH3 is 1. The molecule has 1 heterocycles. The van der Waals surface area contributed by atoms with Gasteiger partial charge in [-0.15, -0.1) is 10.2 Å². The van der Waals surface area contributed by atoms with Gasteiger partial charge in [-0.2, -0.15) is 0 Å². The van der Waals surface area contributed by atoms with Crippen LogP contribution in [0.1, 0.15) is 5.56 Å². The van der Waals surface area contributed by atoms with E-state index in [0.717, 1.165) is 5.56 Å². The highest BCUT2D eigenvalue weighted by Crippen LogP contribution is 2.25. The first-order chi connectivity index (χ1) is 11.1. The van der Waals surface area contributed by atoms with Crippen LogP contribution in [0.4, 0.5) is 5.69 Å². The molecule has 1 aromatic heterocycles. The van der Waals surface area contributed by atoms with Crippen LogP contribution in [0.5, 0.6) is 5.75 Å². The summed E-state index contributed by atoms with van der Waals surface area (Å²) in [5.41, 5.74) is 8.81. The summed E-state index contributed by atoms with van der Waals surface area (Å²) in [7, 11) is 1.59. The van der Waals surface area contributed by atoms with Gasteiger partial charge in [0.05, 0.1) is 7.11 Å². The van der Waals surface area contributed by atoms with Gasteiger partial charge in [-0.1, -0.05) is 12.1 Å². The second-order valence-electron chi connectivity index (χ2n) is 5.12. The van der Waals surface area contributed by atoms with Crippen LogP contribution >= 0.6 is 0 Å². The number of aromatic amines is 1. The first-order valence-electron chi connectivity index (χ1n) is 7.07. The first kappa shape index (κ1) is 14.8. The van der Waals surface area contributed by atoms with Crippen LogP contribution in [0.3, 0.4) is 0 Å². The topological polar surface area (TPSA) is 93.9 Å². The Bertz CT molecular complexity index is 901. The molecular weight excluding hydrogens is 292 g/mol. The number of aryl methyl sites for hydroxylation is 1. The molecule has 2 aromatic carbocycles. The van der Waals surface area contributed by atoms with Crippen molar-refractivity contribution in [3.63, 3.8) is 0 Å². The molecule has 0 aliphatic carbocycles. The largest absolute Gasteiger partial charge is 0.497 e. The molecule has 23 heavy (non-hydrogen) atoms. The standard InChI is InChI=1S/C17H16N4O2/c1-10-4-3-5-13(14(10)18)16-19-17(22)15(20-21-16)11-6-8-12(23-2)9-7-11/h3-9H,18H2,1-2H3,(H,19,21,22). The molecule has 0 bridgehead atoms. The predicted molar refractivity (Wildman–Crippen MR) is 89.2 cm³/mol. The highest BCUT2D eigenvalue weighted by molar-refractivity contribution is 5.74. The molecule has 0 spiro atoms. The Morgan fingerprint density at radius 1 is 1.09 bits per heavy atom. The smallest absolute Gasteiger partial charge is 0.278 e. The molecule has 0 saturated heterocycles. The maximum absolute atomic E-state index is 12.3. The fraction of sp³-hybridized carbons (Fsp3) is 0.118. The summed E-state index contributed by atoms with van der Waals surface area (Å²) in [6, 6.07) is 12.6. The zero-order valence-electron chi connectivity index (χ0n) is 12.8. The van der Waals surface area contributed by atoms with Gasteiger partial charge in [-0.25, -0.2) is 0 Å². The number of hydrogen-bond donors (Lipinski definition) is 2. The molecule has 0 unspecified atom stereocenters. The lowest BCUT2D eigenvalue weighted by molar-refractivity contribution is 0.415. The van der Waals surface area contributed by atoms with Gasteiger partial charge in [0, 0.05) is 16.8 Å². The maximum atomic E-state index is 12.3. The van der Waals surface area contributed by atoms with Gasteiger partial charge in [-0.3, -0.25) is 4.79 Å². The van der Waals surface area contributed by atoms with Gasteiger partial charge in [0.2, 0.25) is 0 Å². The lowest BCUT2D eigenvalue weighted by Crippen LogP contribution is -2.15. The average Bonchev–Trinajstić information content (AvgIpc) is 2.57. The van der Waals surface area contributed by atoms with E-state index in [9.17, 15) is 4.79 Å². The van der Waals surface area contributed by atoms with Gasteiger partial charge in [0.15, 0.2) is 11.5 Å². The SMILES string of the molecule is COc1ccc(-c2nnc(-c3cccc(C)c3N)[nH]c2=O)cc1. The number of nitrogens with one attached hydrogen (secondary N) is 1. The van der Waals surface area contributed by atoms with Crippen molar-refractivity contribution in [2.75, 3.05) is 12.8 Å². The van der Waals surface area contributed by atoms with Crippen molar-refractivity contribution < 1.29 is 4.74 Å². The third kappa shape index (κ3) is 2.78. The van der Waals surface area contributed by atoms with Crippen molar-refractivity contribution in [1.29, 1.82) is 0 Å². The molecule has 3 rings (SSSR count). The van der Waals surface area contributed by atoms with E-state index in [1.165, 1.54) is 0 Å². The summed E-state index contributed by atoms with van der Waals surface area (Å²) >= 11 is 0. The normalized spacial score (nSPS) is 10.5. The van der Waals surface area contributed by atoms with Crippen LogP contribution in [-0.4, -0.2) is 22.3 Å². The quantitative estimate of drug-likeness (QED) is 0.725. The average molecular weight is 308 g/mol. The minimum atomic E-state index is -0.318. The zero-order chi connectivity index (χ0) is 16.4. The molecule has 6 nitrogen and oxygen atoms in total. The molecule has 0 atom stereocenters. The number of nitrogen functional groups attached to an aromatic ring is 1. The third-order valence-corrected chi connectivity index (χ3v) is 3.64. The Balaban J connectivity index is 2.04. The molecule has 3 N–H and O–H groups in total. The lowest BCUT2D eigenvalue weighted by Gasteiger charge is -2.07. The molecule has 0 fully saturated rings. The van der Waals surface area contributed by atoms with Crippen LogP contribution in [0.25, 0.3) is 22.6 Å². The number of rotatable bonds is 3. The van der Waals surface area contributed by atoms with E-state index in [4.69, 9.17) is 10.5 Å². The summed E-state index contributed by atoms with van der Waals surface area (Å²) in [6.45, 7) is 1.90.